The van der Waals surface area contributed by atoms with Crippen LogP contribution in [0.2, 0.25) is 0 Å². The first-order valence-electron chi connectivity index (χ1n) is 5.15. The molecule has 0 aliphatic heterocycles. The Morgan fingerprint density at radius 2 is 2.47 bits per heavy atom. The van der Waals surface area contributed by atoms with Crippen LogP contribution in [0.4, 0.5) is 5.82 Å². The number of amides is 1. The molecule has 0 spiro atoms. The van der Waals surface area contributed by atoms with Gasteiger partial charge < -0.3 is 11.1 Å². The van der Waals surface area contributed by atoms with Crippen molar-refractivity contribution in [1.82, 2.24) is 15.1 Å². The van der Waals surface area contributed by atoms with Gasteiger partial charge in [0, 0.05) is 13.6 Å². The van der Waals surface area contributed by atoms with Gasteiger partial charge in [0.1, 0.15) is 11.4 Å². The van der Waals surface area contributed by atoms with Crippen LogP contribution in [0.25, 0.3) is 0 Å². The Hall–Kier alpha value is -1.52. The molecule has 5 nitrogen and oxygen atoms in total. The number of nitrogen functional groups attached to an aromatic ring is 1. The van der Waals surface area contributed by atoms with Crippen molar-refractivity contribution in [2.24, 2.45) is 18.9 Å². The van der Waals surface area contributed by atoms with E-state index in [1.54, 1.807) is 7.05 Å². The van der Waals surface area contributed by atoms with E-state index in [1.807, 2.05) is 0 Å². The number of carbonyl (C=O) groups excluding carboxylic acids is 1. The summed E-state index contributed by atoms with van der Waals surface area (Å²) in [5.41, 5.74) is 6.16. The summed E-state index contributed by atoms with van der Waals surface area (Å²) in [7, 11) is 1.72. The predicted octanol–water partition coefficient (Wildman–Crippen LogP) is 0.388. The van der Waals surface area contributed by atoms with Gasteiger partial charge in [-0.1, -0.05) is 6.92 Å². The van der Waals surface area contributed by atoms with Gasteiger partial charge in [-0.15, -0.1) is 0 Å². The lowest BCUT2D eigenvalue weighted by Crippen LogP contribution is -2.26. The highest BCUT2D eigenvalue weighted by Gasteiger charge is 2.32. The number of nitrogens with two attached hydrogens (primary N) is 1. The van der Waals surface area contributed by atoms with Crippen LogP contribution in [0.15, 0.2) is 6.20 Å². The van der Waals surface area contributed by atoms with E-state index >= 15 is 0 Å². The van der Waals surface area contributed by atoms with E-state index in [2.05, 4.69) is 17.3 Å². The van der Waals surface area contributed by atoms with Crippen LogP contribution in [0, 0.1) is 11.8 Å². The van der Waals surface area contributed by atoms with Crippen molar-refractivity contribution in [3.63, 3.8) is 0 Å². The normalized spacial score (nSPS) is 23.9. The molecule has 0 radical (unpaired) electrons. The molecule has 1 fully saturated rings. The smallest absolute Gasteiger partial charge is 0.256 e. The molecule has 2 unspecified atom stereocenters. The summed E-state index contributed by atoms with van der Waals surface area (Å²) >= 11 is 0. The Morgan fingerprint density at radius 3 is 2.93 bits per heavy atom. The molecular weight excluding hydrogens is 192 g/mol. The number of rotatable bonds is 3. The number of aryl methyl sites for hydroxylation is 1. The average Bonchev–Trinajstić information content (AvgIpc) is 2.81. The zero-order chi connectivity index (χ0) is 11.0. The Kier molecular flexibility index (Phi) is 2.38. The molecule has 1 aromatic heterocycles. The van der Waals surface area contributed by atoms with Gasteiger partial charge in [-0.25, -0.2) is 0 Å². The van der Waals surface area contributed by atoms with Crippen molar-refractivity contribution in [3.05, 3.63) is 11.8 Å². The molecule has 5 heteroatoms. The van der Waals surface area contributed by atoms with E-state index in [0.29, 0.717) is 17.3 Å². The van der Waals surface area contributed by atoms with E-state index in [9.17, 15) is 4.79 Å². The maximum atomic E-state index is 11.7. The summed E-state index contributed by atoms with van der Waals surface area (Å²) in [6.45, 7) is 2.93. The monoisotopic (exact) mass is 208 g/mol. The fraction of sp³-hybridized carbons (Fsp3) is 0.600. The lowest BCUT2D eigenvalue weighted by molar-refractivity contribution is 0.0952. The first kappa shape index (κ1) is 10.0. The number of hydrogen-bond acceptors (Lipinski definition) is 3. The number of aromatic nitrogens is 2. The van der Waals surface area contributed by atoms with Crippen molar-refractivity contribution in [2.45, 2.75) is 13.3 Å². The van der Waals surface area contributed by atoms with Gasteiger partial charge in [0.15, 0.2) is 0 Å². The number of carbonyl (C=O) groups is 1. The molecule has 1 aromatic rings. The van der Waals surface area contributed by atoms with Crippen molar-refractivity contribution in [1.29, 1.82) is 0 Å². The summed E-state index contributed by atoms with van der Waals surface area (Å²) in [5, 5.41) is 6.80. The zero-order valence-electron chi connectivity index (χ0n) is 9.03. The van der Waals surface area contributed by atoms with Gasteiger partial charge >= 0.3 is 0 Å². The van der Waals surface area contributed by atoms with Gasteiger partial charge in [-0.3, -0.25) is 9.48 Å². The number of nitrogens with zero attached hydrogens (tertiary/aromatic N) is 2. The Bertz CT molecular complexity index is 385. The standard InChI is InChI=1S/C10H16N4O/c1-6-3-7(6)4-12-10(15)8-5-13-14(2)9(8)11/h5-7H,3-4,11H2,1-2H3,(H,12,15). The molecule has 3 N–H and O–H groups in total. The molecule has 82 valence electrons. The molecule has 1 aliphatic carbocycles. The fourth-order valence-electron chi connectivity index (χ4n) is 1.62. The van der Waals surface area contributed by atoms with Gasteiger partial charge in [0.05, 0.1) is 6.20 Å². The molecule has 0 aromatic carbocycles. The highest BCUT2D eigenvalue weighted by atomic mass is 16.1. The van der Waals surface area contributed by atoms with Crippen LogP contribution in [0.1, 0.15) is 23.7 Å². The number of nitrogens with one attached hydrogen (secondary N) is 1. The zero-order valence-corrected chi connectivity index (χ0v) is 9.03. The van der Waals surface area contributed by atoms with E-state index in [0.717, 1.165) is 12.5 Å². The molecular formula is C10H16N4O. The molecule has 1 heterocycles. The van der Waals surface area contributed by atoms with Crippen molar-refractivity contribution in [2.75, 3.05) is 12.3 Å². The Balaban J connectivity index is 1.93. The van der Waals surface area contributed by atoms with Crippen molar-refractivity contribution >= 4 is 11.7 Å². The maximum absolute atomic E-state index is 11.7. The lowest BCUT2D eigenvalue weighted by atomic mass is 10.3. The largest absolute Gasteiger partial charge is 0.383 e. The first-order chi connectivity index (χ1) is 7.09. The predicted molar refractivity (Wildman–Crippen MR) is 57.2 cm³/mol. The molecule has 1 aliphatic rings. The SMILES string of the molecule is CC1CC1CNC(=O)c1cnn(C)c1N. The van der Waals surface area contributed by atoms with Crippen LogP contribution >= 0.6 is 0 Å². The molecule has 0 bridgehead atoms. The second-order valence-corrected chi connectivity index (χ2v) is 4.25. The minimum Gasteiger partial charge on any atom is -0.383 e. The topological polar surface area (TPSA) is 72.9 Å². The third kappa shape index (κ3) is 1.95. The summed E-state index contributed by atoms with van der Waals surface area (Å²) in [5.74, 6) is 1.68. The quantitative estimate of drug-likeness (QED) is 0.754. The van der Waals surface area contributed by atoms with E-state index < -0.39 is 0 Å². The Morgan fingerprint density at radius 1 is 1.80 bits per heavy atom. The van der Waals surface area contributed by atoms with E-state index in [4.69, 9.17) is 5.73 Å². The minimum atomic E-state index is -0.125. The fourth-order valence-corrected chi connectivity index (χ4v) is 1.62. The van der Waals surface area contributed by atoms with Crippen LogP contribution in [0.3, 0.4) is 0 Å². The second-order valence-electron chi connectivity index (χ2n) is 4.25. The minimum absolute atomic E-state index is 0.125. The number of anilines is 1. The van der Waals surface area contributed by atoms with Crippen molar-refractivity contribution in [3.8, 4) is 0 Å². The maximum Gasteiger partial charge on any atom is 0.256 e. The third-order valence-electron chi connectivity index (χ3n) is 3.03. The first-order valence-corrected chi connectivity index (χ1v) is 5.15. The van der Waals surface area contributed by atoms with E-state index in [1.165, 1.54) is 17.3 Å². The highest BCUT2D eigenvalue weighted by Crippen LogP contribution is 2.36. The highest BCUT2D eigenvalue weighted by molar-refractivity contribution is 5.98. The molecule has 1 amide bonds. The third-order valence-corrected chi connectivity index (χ3v) is 3.03. The van der Waals surface area contributed by atoms with Crippen molar-refractivity contribution < 1.29 is 4.79 Å². The molecule has 15 heavy (non-hydrogen) atoms. The van der Waals surface area contributed by atoms with E-state index in [-0.39, 0.29) is 5.91 Å². The summed E-state index contributed by atoms with van der Waals surface area (Å²) in [4.78, 5) is 11.7. The molecule has 2 rings (SSSR count). The second kappa shape index (κ2) is 3.56. The summed E-state index contributed by atoms with van der Waals surface area (Å²) < 4.78 is 1.49. The van der Waals surface area contributed by atoms with Gasteiger partial charge in [-0.2, -0.15) is 5.10 Å². The van der Waals surface area contributed by atoms with Crippen LogP contribution in [0.5, 0.6) is 0 Å². The van der Waals surface area contributed by atoms with Crippen LogP contribution in [-0.2, 0) is 7.05 Å². The number of hydrogen-bond donors (Lipinski definition) is 2. The average molecular weight is 208 g/mol. The molecule has 1 saturated carbocycles. The van der Waals surface area contributed by atoms with Gasteiger partial charge in [0.25, 0.3) is 5.91 Å². The summed E-state index contributed by atoms with van der Waals surface area (Å²) in [6, 6.07) is 0. The van der Waals surface area contributed by atoms with Crippen LogP contribution < -0.4 is 11.1 Å². The molecule has 2 atom stereocenters. The molecule has 0 saturated heterocycles. The van der Waals surface area contributed by atoms with Crippen LogP contribution in [-0.4, -0.2) is 22.2 Å². The lowest BCUT2D eigenvalue weighted by Gasteiger charge is -2.03. The summed E-state index contributed by atoms with van der Waals surface area (Å²) in [6.07, 6.45) is 2.71. The van der Waals surface area contributed by atoms with Gasteiger partial charge in [0.2, 0.25) is 0 Å². The Labute approximate surface area is 88.6 Å². The van der Waals surface area contributed by atoms with Gasteiger partial charge in [-0.05, 0) is 18.3 Å².